The smallest absolute Gasteiger partial charge is 0.250 e. The van der Waals surface area contributed by atoms with E-state index in [2.05, 4.69) is 15.5 Å². The van der Waals surface area contributed by atoms with Gasteiger partial charge in [-0.15, -0.1) is 10.2 Å². The van der Waals surface area contributed by atoms with E-state index in [0.29, 0.717) is 15.8 Å². The number of anilines is 2. The first-order chi connectivity index (χ1) is 15.1. The third-order valence-electron chi connectivity index (χ3n) is 4.78. The zero-order valence-corrected chi connectivity index (χ0v) is 20.3. The average Bonchev–Trinajstić information content (AvgIpc) is 3.18. The molecule has 1 atom stereocenters. The summed E-state index contributed by atoms with van der Waals surface area (Å²) >= 11 is 1.21. The summed E-state index contributed by atoms with van der Waals surface area (Å²) in [5.74, 6) is 0.263. The Morgan fingerprint density at radius 3 is 2.28 bits per heavy atom. The Labute approximate surface area is 192 Å². The highest BCUT2D eigenvalue weighted by atomic mass is 32.2. The molecule has 0 aliphatic carbocycles. The number of carbonyl (C=O) groups excluding carboxylic acids is 1. The fourth-order valence-electron chi connectivity index (χ4n) is 3.45. The molecule has 8 nitrogen and oxygen atoms in total. The molecule has 0 aliphatic rings. The van der Waals surface area contributed by atoms with Crippen LogP contribution in [0.15, 0.2) is 42.5 Å². The Hall–Kier alpha value is -2.98. The number of amides is 1. The van der Waals surface area contributed by atoms with Crippen molar-refractivity contribution in [2.75, 3.05) is 23.0 Å². The predicted molar refractivity (Wildman–Crippen MR) is 128 cm³/mol. The van der Waals surface area contributed by atoms with E-state index >= 15 is 0 Å². The van der Waals surface area contributed by atoms with E-state index < -0.39 is 22.0 Å². The number of ether oxygens (including phenoxy) is 1. The van der Waals surface area contributed by atoms with Gasteiger partial charge in [0.15, 0.2) is 0 Å². The number of aryl methyl sites for hydroxylation is 2. The minimum atomic E-state index is -3.72. The third kappa shape index (κ3) is 5.43. The molecule has 0 radical (unpaired) electrons. The van der Waals surface area contributed by atoms with Gasteiger partial charge >= 0.3 is 0 Å². The number of aromatic nitrogens is 2. The van der Waals surface area contributed by atoms with Crippen molar-refractivity contribution in [3.05, 3.63) is 53.6 Å². The Bertz CT molecular complexity index is 1190. The number of hydrogen-bond acceptors (Lipinski definition) is 7. The van der Waals surface area contributed by atoms with Crippen LogP contribution < -0.4 is 14.4 Å². The molecule has 1 aromatic heterocycles. The van der Waals surface area contributed by atoms with Gasteiger partial charge in [0.2, 0.25) is 21.1 Å². The standard InChI is InChI=1S/C22H26N4O4S2/c1-6-19(26(32(5,28)29)17-12-14(2)11-15(3)13-17)20(27)23-22-25-24-21(31-22)16-7-9-18(30-4)10-8-16/h7-13,19H,6H2,1-5H3,(H,23,25,27). The summed E-state index contributed by atoms with van der Waals surface area (Å²) in [6, 6.07) is 11.9. The van der Waals surface area contributed by atoms with Crippen LogP contribution >= 0.6 is 11.3 Å². The maximum atomic E-state index is 13.1. The van der Waals surface area contributed by atoms with Gasteiger partial charge in [0, 0.05) is 5.56 Å². The number of hydrogen-bond donors (Lipinski definition) is 1. The van der Waals surface area contributed by atoms with Crippen LogP contribution in [0.2, 0.25) is 0 Å². The summed E-state index contributed by atoms with van der Waals surface area (Å²) in [4.78, 5) is 13.1. The van der Waals surface area contributed by atoms with Gasteiger partial charge in [-0.2, -0.15) is 0 Å². The van der Waals surface area contributed by atoms with Crippen molar-refractivity contribution in [3.63, 3.8) is 0 Å². The van der Waals surface area contributed by atoms with Crippen LogP contribution in [0.3, 0.4) is 0 Å². The number of rotatable bonds is 8. The van der Waals surface area contributed by atoms with Gasteiger partial charge in [0.25, 0.3) is 0 Å². The summed E-state index contributed by atoms with van der Waals surface area (Å²) in [5.41, 5.74) is 3.13. The average molecular weight is 475 g/mol. The highest BCUT2D eigenvalue weighted by Crippen LogP contribution is 2.29. The molecule has 32 heavy (non-hydrogen) atoms. The molecular weight excluding hydrogens is 448 g/mol. The Morgan fingerprint density at radius 1 is 1.12 bits per heavy atom. The van der Waals surface area contributed by atoms with Gasteiger partial charge in [0.05, 0.1) is 19.1 Å². The molecule has 0 fully saturated rings. The Balaban J connectivity index is 1.86. The molecule has 1 amide bonds. The van der Waals surface area contributed by atoms with Crippen molar-refractivity contribution in [2.24, 2.45) is 0 Å². The molecule has 0 saturated heterocycles. The van der Waals surface area contributed by atoms with Crippen molar-refractivity contribution in [1.29, 1.82) is 0 Å². The molecule has 0 aliphatic heterocycles. The van der Waals surface area contributed by atoms with Crippen molar-refractivity contribution in [1.82, 2.24) is 10.2 Å². The van der Waals surface area contributed by atoms with E-state index in [0.717, 1.165) is 28.7 Å². The SMILES string of the molecule is CCC(C(=O)Nc1nnc(-c2ccc(OC)cc2)s1)N(c1cc(C)cc(C)c1)S(C)(=O)=O. The van der Waals surface area contributed by atoms with E-state index in [1.807, 2.05) is 44.2 Å². The zero-order valence-electron chi connectivity index (χ0n) is 18.6. The van der Waals surface area contributed by atoms with E-state index in [4.69, 9.17) is 4.74 Å². The Morgan fingerprint density at radius 2 is 1.75 bits per heavy atom. The molecule has 1 unspecified atom stereocenters. The summed E-state index contributed by atoms with van der Waals surface area (Å²) in [6.07, 6.45) is 1.39. The minimum absolute atomic E-state index is 0.288. The largest absolute Gasteiger partial charge is 0.497 e. The first-order valence-corrected chi connectivity index (χ1v) is 12.7. The number of carbonyl (C=O) groups is 1. The summed E-state index contributed by atoms with van der Waals surface area (Å²) in [6.45, 7) is 5.55. The monoisotopic (exact) mass is 474 g/mol. The maximum absolute atomic E-state index is 13.1. The number of nitrogens with one attached hydrogen (secondary N) is 1. The lowest BCUT2D eigenvalue weighted by Gasteiger charge is -2.30. The molecule has 10 heteroatoms. The van der Waals surface area contributed by atoms with Crippen LogP contribution in [0.25, 0.3) is 10.6 Å². The van der Waals surface area contributed by atoms with Gasteiger partial charge in [-0.05, 0) is 67.8 Å². The second-order valence-electron chi connectivity index (χ2n) is 7.46. The lowest BCUT2D eigenvalue weighted by atomic mass is 10.1. The first kappa shape index (κ1) is 23.7. The molecule has 3 aromatic rings. The van der Waals surface area contributed by atoms with Gasteiger partial charge in [-0.3, -0.25) is 14.4 Å². The Kier molecular flexibility index (Phi) is 7.15. The normalized spacial score (nSPS) is 12.3. The van der Waals surface area contributed by atoms with Crippen LogP contribution in [0, 0.1) is 13.8 Å². The highest BCUT2D eigenvalue weighted by Gasteiger charge is 2.32. The topological polar surface area (TPSA) is 101 Å². The molecule has 1 N–H and O–H groups in total. The van der Waals surface area contributed by atoms with Gasteiger partial charge < -0.3 is 4.74 Å². The van der Waals surface area contributed by atoms with Gasteiger partial charge in [0.1, 0.15) is 16.8 Å². The van der Waals surface area contributed by atoms with E-state index in [-0.39, 0.29) is 6.42 Å². The second kappa shape index (κ2) is 9.66. The molecule has 0 saturated carbocycles. The lowest BCUT2D eigenvalue weighted by Crippen LogP contribution is -2.47. The van der Waals surface area contributed by atoms with Crippen LogP contribution in [0.1, 0.15) is 24.5 Å². The van der Waals surface area contributed by atoms with Gasteiger partial charge in [-0.25, -0.2) is 8.42 Å². The predicted octanol–water partition coefficient (Wildman–Crippen LogP) is 4.01. The lowest BCUT2D eigenvalue weighted by molar-refractivity contribution is -0.117. The van der Waals surface area contributed by atoms with Crippen LogP contribution in [0.5, 0.6) is 5.75 Å². The number of methoxy groups -OCH3 is 1. The number of sulfonamides is 1. The quantitative estimate of drug-likeness (QED) is 0.529. The van der Waals surface area contributed by atoms with E-state index in [1.165, 1.54) is 15.6 Å². The molecule has 1 heterocycles. The fourth-order valence-corrected chi connectivity index (χ4v) is 5.40. The van der Waals surface area contributed by atoms with E-state index in [1.54, 1.807) is 26.2 Å². The molecule has 3 rings (SSSR count). The highest BCUT2D eigenvalue weighted by molar-refractivity contribution is 7.92. The number of nitrogens with zero attached hydrogens (tertiary/aromatic N) is 3. The van der Waals surface area contributed by atoms with Crippen LogP contribution in [-0.4, -0.2) is 43.9 Å². The molecule has 2 aromatic carbocycles. The van der Waals surface area contributed by atoms with Crippen molar-refractivity contribution in [2.45, 2.75) is 33.2 Å². The van der Waals surface area contributed by atoms with E-state index in [9.17, 15) is 13.2 Å². The first-order valence-electron chi connectivity index (χ1n) is 9.99. The molecule has 170 valence electrons. The van der Waals surface area contributed by atoms with Gasteiger partial charge in [-0.1, -0.05) is 24.3 Å². The fraction of sp³-hybridized carbons (Fsp3) is 0.318. The molecular formula is C22H26N4O4S2. The second-order valence-corrected chi connectivity index (χ2v) is 10.3. The third-order valence-corrected chi connectivity index (χ3v) is 6.85. The minimum Gasteiger partial charge on any atom is -0.497 e. The van der Waals surface area contributed by atoms with Crippen LogP contribution in [0.4, 0.5) is 10.8 Å². The number of benzene rings is 2. The summed E-state index contributed by atoms with van der Waals surface area (Å²) in [7, 11) is -2.12. The summed E-state index contributed by atoms with van der Waals surface area (Å²) < 4.78 is 31.7. The summed E-state index contributed by atoms with van der Waals surface area (Å²) in [5, 5.41) is 11.8. The van der Waals surface area contributed by atoms with Crippen molar-refractivity contribution in [3.8, 4) is 16.3 Å². The molecule has 0 bridgehead atoms. The zero-order chi connectivity index (χ0) is 23.5. The van der Waals surface area contributed by atoms with Crippen molar-refractivity contribution < 1.29 is 17.9 Å². The van der Waals surface area contributed by atoms with Crippen molar-refractivity contribution >= 4 is 38.1 Å². The molecule has 0 spiro atoms. The van der Waals surface area contributed by atoms with Crippen LogP contribution in [-0.2, 0) is 14.8 Å². The maximum Gasteiger partial charge on any atom is 0.250 e.